The van der Waals surface area contributed by atoms with Crippen LogP contribution in [0.4, 0.5) is 0 Å². The largest absolute Gasteiger partial charge is 0.336 e. The lowest BCUT2D eigenvalue weighted by Gasteiger charge is -2.42. The van der Waals surface area contributed by atoms with Crippen molar-refractivity contribution in [2.45, 2.75) is 32.4 Å². The number of amides is 1. The first-order valence-corrected chi connectivity index (χ1v) is 7.33. The molecule has 2 rings (SSSR count). The zero-order chi connectivity index (χ0) is 14.7. The monoisotopic (exact) mass is 275 g/mol. The molecule has 4 heteroatoms. The fourth-order valence-electron chi connectivity index (χ4n) is 2.84. The number of carbonyl (C=O) groups is 1. The van der Waals surface area contributed by atoms with E-state index in [1.165, 1.54) is 0 Å². The van der Waals surface area contributed by atoms with Crippen LogP contribution in [0.5, 0.6) is 0 Å². The van der Waals surface area contributed by atoms with Gasteiger partial charge in [0.05, 0.1) is 0 Å². The lowest BCUT2D eigenvalue weighted by molar-refractivity contribution is 0.0413. The summed E-state index contributed by atoms with van der Waals surface area (Å²) in [5.74, 6) is 0.140. The molecule has 1 amide bonds. The van der Waals surface area contributed by atoms with E-state index in [9.17, 15) is 4.79 Å². The van der Waals surface area contributed by atoms with Gasteiger partial charge in [0.2, 0.25) is 0 Å². The average Bonchev–Trinajstić information content (AvgIpc) is 2.44. The van der Waals surface area contributed by atoms with Crippen molar-refractivity contribution < 1.29 is 4.79 Å². The van der Waals surface area contributed by atoms with Crippen molar-refractivity contribution in [3.8, 4) is 0 Å². The average molecular weight is 275 g/mol. The predicted octanol–water partition coefficient (Wildman–Crippen LogP) is 1.35. The number of hydrogen-bond acceptors (Lipinski definition) is 3. The number of likely N-dealkylation sites (N-methyl/N-ethyl adjacent to an activating group) is 1. The van der Waals surface area contributed by atoms with Gasteiger partial charge in [0.15, 0.2) is 0 Å². The Bertz CT molecular complexity index is 463. The summed E-state index contributed by atoms with van der Waals surface area (Å²) in [5, 5.41) is 0. The second kappa shape index (κ2) is 6.37. The number of piperazine rings is 1. The highest BCUT2D eigenvalue weighted by molar-refractivity contribution is 5.95. The van der Waals surface area contributed by atoms with Crippen LogP contribution in [-0.4, -0.2) is 54.5 Å². The molecular weight excluding hydrogens is 250 g/mol. The maximum absolute atomic E-state index is 12.8. The van der Waals surface area contributed by atoms with Crippen molar-refractivity contribution in [3.63, 3.8) is 0 Å². The third-order valence-corrected chi connectivity index (χ3v) is 4.31. The van der Waals surface area contributed by atoms with Crippen LogP contribution >= 0.6 is 0 Å². The molecule has 4 nitrogen and oxygen atoms in total. The van der Waals surface area contributed by atoms with Crippen LogP contribution in [-0.2, 0) is 6.42 Å². The fourth-order valence-corrected chi connectivity index (χ4v) is 2.84. The lowest BCUT2D eigenvalue weighted by Crippen LogP contribution is -2.56. The molecule has 0 aromatic heterocycles. The number of carbonyl (C=O) groups excluding carboxylic acids is 1. The summed E-state index contributed by atoms with van der Waals surface area (Å²) in [6.45, 7) is 6.48. The lowest BCUT2D eigenvalue weighted by atomic mass is 10.0. The van der Waals surface area contributed by atoms with Gasteiger partial charge in [-0.25, -0.2) is 0 Å². The SMILES string of the molecule is CC1CN(C(=O)c2ccccc2CCN)CC(C)N1C. The molecule has 2 unspecified atom stereocenters. The third kappa shape index (κ3) is 3.02. The number of rotatable bonds is 3. The summed E-state index contributed by atoms with van der Waals surface area (Å²) in [6.07, 6.45) is 0.751. The second-order valence-corrected chi connectivity index (χ2v) is 5.77. The first kappa shape index (κ1) is 15.0. The van der Waals surface area contributed by atoms with E-state index in [2.05, 4.69) is 25.8 Å². The van der Waals surface area contributed by atoms with Gasteiger partial charge in [0.1, 0.15) is 0 Å². The highest BCUT2D eigenvalue weighted by Crippen LogP contribution is 2.18. The van der Waals surface area contributed by atoms with Crippen LogP contribution < -0.4 is 5.73 Å². The third-order valence-electron chi connectivity index (χ3n) is 4.31. The molecule has 0 radical (unpaired) electrons. The van der Waals surface area contributed by atoms with E-state index in [4.69, 9.17) is 5.73 Å². The smallest absolute Gasteiger partial charge is 0.254 e. The Hall–Kier alpha value is -1.39. The summed E-state index contributed by atoms with van der Waals surface area (Å²) in [4.78, 5) is 17.1. The Balaban J connectivity index is 2.19. The molecule has 0 aliphatic carbocycles. The number of nitrogens with two attached hydrogens (primary N) is 1. The maximum Gasteiger partial charge on any atom is 0.254 e. The summed E-state index contributed by atoms with van der Waals surface area (Å²) < 4.78 is 0. The zero-order valence-electron chi connectivity index (χ0n) is 12.7. The number of hydrogen-bond donors (Lipinski definition) is 1. The molecule has 2 atom stereocenters. The molecule has 20 heavy (non-hydrogen) atoms. The molecule has 110 valence electrons. The van der Waals surface area contributed by atoms with Crippen molar-refractivity contribution in [2.75, 3.05) is 26.7 Å². The van der Waals surface area contributed by atoms with E-state index >= 15 is 0 Å². The molecule has 0 bridgehead atoms. The second-order valence-electron chi connectivity index (χ2n) is 5.77. The van der Waals surface area contributed by atoms with Crippen molar-refractivity contribution in [2.24, 2.45) is 5.73 Å². The summed E-state index contributed by atoms with van der Waals surface area (Å²) >= 11 is 0. The molecule has 0 spiro atoms. The molecule has 1 aromatic rings. The van der Waals surface area contributed by atoms with E-state index < -0.39 is 0 Å². The molecule has 1 aliphatic rings. The van der Waals surface area contributed by atoms with Crippen LogP contribution in [0.1, 0.15) is 29.8 Å². The summed E-state index contributed by atoms with van der Waals surface area (Å²) in [6, 6.07) is 8.60. The minimum atomic E-state index is 0.140. The van der Waals surface area contributed by atoms with Crippen LogP contribution in [0.25, 0.3) is 0 Å². The highest BCUT2D eigenvalue weighted by Gasteiger charge is 2.30. The summed E-state index contributed by atoms with van der Waals surface area (Å²) in [7, 11) is 2.12. The molecule has 1 heterocycles. The zero-order valence-corrected chi connectivity index (χ0v) is 12.7. The molecule has 0 saturated carbocycles. The molecule has 1 fully saturated rings. The van der Waals surface area contributed by atoms with Gasteiger partial charge in [-0.1, -0.05) is 18.2 Å². The van der Waals surface area contributed by atoms with Gasteiger partial charge in [-0.05, 0) is 45.5 Å². The molecule has 1 aliphatic heterocycles. The van der Waals surface area contributed by atoms with Gasteiger partial charge >= 0.3 is 0 Å². The van der Waals surface area contributed by atoms with Gasteiger partial charge in [-0.15, -0.1) is 0 Å². The van der Waals surface area contributed by atoms with Crippen molar-refractivity contribution in [3.05, 3.63) is 35.4 Å². The van der Waals surface area contributed by atoms with Crippen LogP contribution in [0.3, 0.4) is 0 Å². The van der Waals surface area contributed by atoms with Gasteiger partial charge in [0, 0.05) is 30.7 Å². The van der Waals surface area contributed by atoms with Crippen molar-refractivity contribution in [1.29, 1.82) is 0 Å². The van der Waals surface area contributed by atoms with Gasteiger partial charge < -0.3 is 10.6 Å². The predicted molar refractivity (Wildman–Crippen MR) is 81.8 cm³/mol. The first-order valence-electron chi connectivity index (χ1n) is 7.33. The van der Waals surface area contributed by atoms with Gasteiger partial charge in [-0.2, -0.15) is 0 Å². The van der Waals surface area contributed by atoms with E-state index in [0.29, 0.717) is 18.6 Å². The van der Waals surface area contributed by atoms with E-state index in [0.717, 1.165) is 30.6 Å². The fraction of sp³-hybridized carbons (Fsp3) is 0.562. The summed E-state index contributed by atoms with van der Waals surface area (Å²) in [5.41, 5.74) is 7.50. The Morgan fingerprint density at radius 2 is 1.85 bits per heavy atom. The number of nitrogens with zero attached hydrogens (tertiary/aromatic N) is 2. The van der Waals surface area contributed by atoms with E-state index in [1.807, 2.05) is 29.2 Å². The topological polar surface area (TPSA) is 49.6 Å². The van der Waals surface area contributed by atoms with Crippen LogP contribution in [0.2, 0.25) is 0 Å². The molecular formula is C16H25N3O. The quantitative estimate of drug-likeness (QED) is 0.906. The molecule has 2 N–H and O–H groups in total. The molecule has 1 aromatic carbocycles. The standard InChI is InChI=1S/C16H25N3O/c1-12-10-19(11-13(2)18(12)3)16(20)15-7-5-4-6-14(15)8-9-17/h4-7,12-13H,8-11,17H2,1-3H3. The van der Waals surface area contributed by atoms with Gasteiger partial charge in [0.25, 0.3) is 5.91 Å². The van der Waals surface area contributed by atoms with E-state index in [1.54, 1.807) is 0 Å². The van der Waals surface area contributed by atoms with Crippen LogP contribution in [0.15, 0.2) is 24.3 Å². The van der Waals surface area contributed by atoms with Crippen molar-refractivity contribution >= 4 is 5.91 Å². The Morgan fingerprint density at radius 3 is 2.45 bits per heavy atom. The molecule has 1 saturated heterocycles. The minimum absolute atomic E-state index is 0.140. The van der Waals surface area contributed by atoms with Crippen molar-refractivity contribution in [1.82, 2.24) is 9.80 Å². The highest BCUT2D eigenvalue weighted by atomic mass is 16.2. The van der Waals surface area contributed by atoms with Gasteiger partial charge in [-0.3, -0.25) is 9.69 Å². The Morgan fingerprint density at radius 1 is 1.25 bits per heavy atom. The van der Waals surface area contributed by atoms with Crippen LogP contribution in [0, 0.1) is 0 Å². The van der Waals surface area contributed by atoms with E-state index in [-0.39, 0.29) is 5.91 Å². The minimum Gasteiger partial charge on any atom is -0.336 e. The Kier molecular flexibility index (Phi) is 4.78. The number of benzene rings is 1. The Labute approximate surface area is 121 Å². The normalized spacial score (nSPS) is 23.9. The first-order chi connectivity index (χ1) is 9.54. The maximum atomic E-state index is 12.8.